The topological polar surface area (TPSA) is 38.9 Å². The highest BCUT2D eigenvalue weighted by atomic mass is 79.9. The summed E-state index contributed by atoms with van der Waals surface area (Å²) in [7, 11) is 0. The minimum absolute atomic E-state index is 0.0412. The number of para-hydroxylation sites is 2. The van der Waals surface area contributed by atoms with Gasteiger partial charge in [0.05, 0.1) is 10.2 Å². The van der Waals surface area contributed by atoms with Crippen LogP contribution in [0, 0.1) is 0 Å². The van der Waals surface area contributed by atoms with E-state index in [1.807, 2.05) is 24.3 Å². The summed E-state index contributed by atoms with van der Waals surface area (Å²) in [4.78, 5) is 9.86. The molecule has 0 spiro atoms. The van der Waals surface area contributed by atoms with Crippen LogP contribution in [0.1, 0.15) is 89.2 Å². The summed E-state index contributed by atoms with van der Waals surface area (Å²) in [6.07, 6.45) is 12.4. The van der Waals surface area contributed by atoms with Crippen molar-refractivity contribution in [3.05, 3.63) is 167 Å². The highest BCUT2D eigenvalue weighted by Crippen LogP contribution is 2.56. The number of unbranched alkanes of at least 4 members (excludes halogenated alkanes) is 6. The zero-order valence-electron chi connectivity index (χ0n) is 35.6. The Morgan fingerprint density at radius 1 is 0.484 bits per heavy atom. The quantitative estimate of drug-likeness (QED) is 0.0963. The van der Waals surface area contributed by atoms with Crippen LogP contribution in [0.2, 0.25) is 0 Å². The van der Waals surface area contributed by atoms with Gasteiger partial charge in [-0.3, -0.25) is 0 Å². The summed E-state index contributed by atoms with van der Waals surface area (Å²) in [5.74, 6) is 0.661. The number of thiazole rings is 1. The number of fused-ring (bicyclic) bond motifs is 5. The van der Waals surface area contributed by atoms with Crippen LogP contribution in [0.4, 0.5) is 0 Å². The molecule has 0 saturated carbocycles. The van der Waals surface area contributed by atoms with Crippen LogP contribution in [-0.4, -0.2) is 9.97 Å². The SMILES string of the molecule is CCCCCCC1(CCCCCC)c2cc(-c3ccc(-c4nc5ccccc5o4)cc3)ccc2-c2ccc(-c3ccc4nc(-c5ccc(-c6ccc(Br)cc6)cc5)sc4c3)cc21. The van der Waals surface area contributed by atoms with E-state index >= 15 is 0 Å². The minimum atomic E-state index is -0.0412. The predicted octanol–water partition coefficient (Wildman–Crippen LogP) is 17.7. The Kier molecular flexibility index (Phi) is 11.5. The molecule has 2 heterocycles. The number of hydrogen-bond donors (Lipinski definition) is 0. The second-order valence-corrected chi connectivity index (χ2v) is 19.0. The van der Waals surface area contributed by atoms with E-state index in [1.165, 1.54) is 125 Å². The summed E-state index contributed by atoms with van der Waals surface area (Å²) < 4.78 is 8.43. The van der Waals surface area contributed by atoms with Gasteiger partial charge in [0.15, 0.2) is 5.58 Å². The van der Waals surface area contributed by atoms with Gasteiger partial charge in [-0.1, -0.05) is 172 Å². The minimum Gasteiger partial charge on any atom is -0.436 e. The van der Waals surface area contributed by atoms with Gasteiger partial charge in [0.2, 0.25) is 5.89 Å². The van der Waals surface area contributed by atoms with Gasteiger partial charge in [-0.2, -0.15) is 0 Å². The Bertz CT molecular complexity index is 2950. The van der Waals surface area contributed by atoms with Gasteiger partial charge in [0.25, 0.3) is 0 Å². The van der Waals surface area contributed by atoms with E-state index in [0.717, 1.165) is 37.2 Å². The summed E-state index contributed by atoms with van der Waals surface area (Å²) in [5, 5.41) is 1.05. The van der Waals surface area contributed by atoms with Crippen molar-refractivity contribution in [1.29, 1.82) is 0 Å². The molecule has 1 aliphatic rings. The van der Waals surface area contributed by atoms with Crippen LogP contribution in [0.5, 0.6) is 0 Å². The standard InChI is InChI=1S/C57H51BrN2OS/c1-3-5-7-11-33-57(34-12-8-6-4-2)49-35-43(40-15-19-41(20-16-40)55-59-51-13-9-10-14-53(51)61-55)25-30-47(49)48-31-26-44(36-50(48)57)45-27-32-52-54(37-45)62-56(60-52)42-21-17-38(18-22-42)39-23-28-46(58)29-24-39/h9-10,13-32,35-37H,3-8,11-12,33-34H2,1-2H3. The molecule has 0 radical (unpaired) electrons. The maximum atomic E-state index is 6.12. The van der Waals surface area contributed by atoms with Gasteiger partial charge in [-0.05, 0) is 129 Å². The number of nitrogens with zero attached hydrogens (tertiary/aromatic N) is 2. The molecule has 0 fully saturated rings. The van der Waals surface area contributed by atoms with Crippen molar-refractivity contribution < 1.29 is 4.42 Å². The lowest BCUT2D eigenvalue weighted by Gasteiger charge is -2.33. The maximum absolute atomic E-state index is 6.12. The van der Waals surface area contributed by atoms with Crippen LogP contribution in [0.25, 0.3) is 87.8 Å². The highest BCUT2D eigenvalue weighted by Gasteiger charge is 2.42. The molecule has 0 aliphatic heterocycles. The van der Waals surface area contributed by atoms with E-state index in [-0.39, 0.29) is 5.41 Å². The van der Waals surface area contributed by atoms with Crippen molar-refractivity contribution in [2.75, 3.05) is 0 Å². The van der Waals surface area contributed by atoms with E-state index in [1.54, 1.807) is 11.3 Å². The lowest BCUT2D eigenvalue weighted by molar-refractivity contribution is 0.401. The molecule has 10 rings (SSSR count). The third kappa shape index (κ3) is 7.86. The Balaban J connectivity index is 0.997. The number of hydrogen-bond acceptors (Lipinski definition) is 4. The fraction of sp³-hybridized carbons (Fsp3) is 0.228. The molecule has 2 aromatic heterocycles. The molecular formula is C57H51BrN2OS. The molecule has 3 nitrogen and oxygen atoms in total. The lowest BCUT2D eigenvalue weighted by Crippen LogP contribution is -2.25. The molecule has 308 valence electrons. The Labute approximate surface area is 378 Å². The molecule has 0 N–H and O–H groups in total. The molecule has 7 aromatic carbocycles. The molecule has 0 saturated heterocycles. The summed E-state index contributed by atoms with van der Waals surface area (Å²) in [5.41, 5.74) is 18.1. The number of oxazole rings is 1. The zero-order valence-corrected chi connectivity index (χ0v) is 38.0. The van der Waals surface area contributed by atoms with Crippen LogP contribution in [-0.2, 0) is 5.41 Å². The van der Waals surface area contributed by atoms with E-state index in [0.29, 0.717) is 5.89 Å². The molecule has 9 aromatic rings. The Morgan fingerprint density at radius 3 is 1.63 bits per heavy atom. The number of halogens is 1. The largest absolute Gasteiger partial charge is 0.436 e. The third-order valence-corrected chi connectivity index (χ3v) is 14.7. The summed E-state index contributed by atoms with van der Waals surface area (Å²) in [6, 6.07) is 55.5. The van der Waals surface area contributed by atoms with E-state index in [9.17, 15) is 0 Å². The monoisotopic (exact) mass is 890 g/mol. The fourth-order valence-corrected chi connectivity index (χ4v) is 11.0. The zero-order chi connectivity index (χ0) is 42.0. The van der Waals surface area contributed by atoms with Gasteiger partial charge < -0.3 is 4.42 Å². The van der Waals surface area contributed by atoms with E-state index in [4.69, 9.17) is 14.4 Å². The van der Waals surface area contributed by atoms with Crippen LogP contribution in [0.3, 0.4) is 0 Å². The first-order valence-electron chi connectivity index (χ1n) is 22.5. The Morgan fingerprint density at radius 2 is 1.00 bits per heavy atom. The predicted molar refractivity (Wildman–Crippen MR) is 266 cm³/mol. The van der Waals surface area contributed by atoms with Crippen LogP contribution >= 0.6 is 27.3 Å². The third-order valence-electron chi connectivity index (χ3n) is 13.1. The van der Waals surface area contributed by atoms with Gasteiger partial charge in [-0.15, -0.1) is 11.3 Å². The van der Waals surface area contributed by atoms with Gasteiger partial charge in [0.1, 0.15) is 10.5 Å². The number of benzene rings is 7. The molecule has 0 unspecified atom stereocenters. The van der Waals surface area contributed by atoms with Crippen molar-refractivity contribution in [2.24, 2.45) is 0 Å². The summed E-state index contributed by atoms with van der Waals surface area (Å²) in [6.45, 7) is 4.64. The van der Waals surface area contributed by atoms with Crippen molar-refractivity contribution in [3.63, 3.8) is 0 Å². The van der Waals surface area contributed by atoms with Gasteiger partial charge in [0, 0.05) is 21.0 Å². The first-order valence-corrected chi connectivity index (χ1v) is 24.1. The van der Waals surface area contributed by atoms with Crippen molar-refractivity contribution >= 4 is 48.6 Å². The van der Waals surface area contributed by atoms with Crippen molar-refractivity contribution in [2.45, 2.75) is 83.5 Å². The second-order valence-electron chi connectivity index (χ2n) is 17.1. The van der Waals surface area contributed by atoms with Gasteiger partial charge in [-0.25, -0.2) is 9.97 Å². The molecule has 62 heavy (non-hydrogen) atoms. The second kappa shape index (κ2) is 17.6. The van der Waals surface area contributed by atoms with Gasteiger partial charge >= 0.3 is 0 Å². The normalized spacial score (nSPS) is 12.9. The maximum Gasteiger partial charge on any atom is 0.227 e. The number of rotatable bonds is 15. The molecular weight excluding hydrogens is 841 g/mol. The van der Waals surface area contributed by atoms with E-state index < -0.39 is 0 Å². The lowest BCUT2D eigenvalue weighted by atomic mass is 9.70. The van der Waals surface area contributed by atoms with Crippen molar-refractivity contribution in [1.82, 2.24) is 9.97 Å². The average Bonchev–Trinajstić information content (AvgIpc) is 4.02. The smallest absolute Gasteiger partial charge is 0.227 e. The first kappa shape index (κ1) is 40.5. The molecule has 0 atom stereocenters. The molecule has 0 bridgehead atoms. The number of aromatic nitrogens is 2. The van der Waals surface area contributed by atoms with Crippen LogP contribution in [0.15, 0.2) is 161 Å². The first-order chi connectivity index (χ1) is 30.5. The Hall–Kier alpha value is -5.62. The highest BCUT2D eigenvalue weighted by molar-refractivity contribution is 9.10. The molecule has 5 heteroatoms. The van der Waals surface area contributed by atoms with E-state index in [2.05, 4.69) is 157 Å². The molecule has 0 amide bonds. The van der Waals surface area contributed by atoms with Crippen LogP contribution < -0.4 is 0 Å². The molecule has 1 aliphatic carbocycles. The average molecular weight is 892 g/mol. The summed E-state index contributed by atoms with van der Waals surface area (Å²) >= 11 is 5.34. The fourth-order valence-electron chi connectivity index (χ4n) is 9.70. The van der Waals surface area contributed by atoms with Crippen molar-refractivity contribution in [3.8, 4) is 66.5 Å².